The van der Waals surface area contributed by atoms with Crippen LogP contribution in [-0.4, -0.2) is 14.6 Å². The number of hydrogen-bond acceptors (Lipinski definition) is 4. The zero-order valence-corrected chi connectivity index (χ0v) is 10.1. The molecule has 92 valence electrons. The second-order valence-electron chi connectivity index (χ2n) is 4.17. The number of fused-ring (bicyclic) bond motifs is 1. The number of rotatable bonds is 4. The number of furan rings is 1. The van der Waals surface area contributed by atoms with E-state index in [-0.39, 0.29) is 6.04 Å². The smallest absolute Gasteiger partial charge is 0.160 e. The SMILES string of the molecule is CC(NCc1ccco1)c1nnc2ccccn12. The minimum atomic E-state index is 0.104. The fraction of sp³-hybridized carbons (Fsp3) is 0.231. The lowest BCUT2D eigenvalue weighted by Crippen LogP contribution is -2.20. The minimum Gasteiger partial charge on any atom is -0.468 e. The summed E-state index contributed by atoms with van der Waals surface area (Å²) in [6.07, 6.45) is 3.64. The van der Waals surface area contributed by atoms with Crippen LogP contribution in [0.1, 0.15) is 24.6 Å². The molecule has 0 aromatic carbocycles. The molecule has 3 aromatic rings. The van der Waals surface area contributed by atoms with Gasteiger partial charge >= 0.3 is 0 Å². The van der Waals surface area contributed by atoms with E-state index in [4.69, 9.17) is 4.42 Å². The van der Waals surface area contributed by atoms with Crippen LogP contribution in [0, 0.1) is 0 Å². The molecule has 18 heavy (non-hydrogen) atoms. The molecule has 0 aliphatic carbocycles. The average Bonchev–Trinajstić information content (AvgIpc) is 3.05. The van der Waals surface area contributed by atoms with Gasteiger partial charge in [-0.25, -0.2) is 0 Å². The molecule has 0 aliphatic heterocycles. The summed E-state index contributed by atoms with van der Waals surface area (Å²) < 4.78 is 7.27. The molecule has 0 saturated heterocycles. The van der Waals surface area contributed by atoms with Gasteiger partial charge in [-0.15, -0.1) is 10.2 Å². The van der Waals surface area contributed by atoms with E-state index in [1.165, 1.54) is 0 Å². The van der Waals surface area contributed by atoms with E-state index in [0.717, 1.165) is 17.2 Å². The lowest BCUT2D eigenvalue weighted by Gasteiger charge is -2.10. The van der Waals surface area contributed by atoms with Crippen LogP contribution < -0.4 is 5.32 Å². The van der Waals surface area contributed by atoms with Gasteiger partial charge in [0.25, 0.3) is 0 Å². The molecule has 3 aromatic heterocycles. The summed E-state index contributed by atoms with van der Waals surface area (Å²) in [5.41, 5.74) is 0.860. The Morgan fingerprint density at radius 1 is 1.28 bits per heavy atom. The Morgan fingerprint density at radius 3 is 3.06 bits per heavy atom. The Labute approximate surface area is 104 Å². The quantitative estimate of drug-likeness (QED) is 0.761. The minimum absolute atomic E-state index is 0.104. The van der Waals surface area contributed by atoms with Crippen molar-refractivity contribution in [3.8, 4) is 0 Å². The molecule has 3 heterocycles. The Hall–Kier alpha value is -2.14. The third-order valence-electron chi connectivity index (χ3n) is 2.89. The average molecular weight is 242 g/mol. The predicted molar refractivity (Wildman–Crippen MR) is 66.9 cm³/mol. The van der Waals surface area contributed by atoms with Crippen molar-refractivity contribution in [1.29, 1.82) is 0 Å². The third-order valence-corrected chi connectivity index (χ3v) is 2.89. The molecule has 0 saturated carbocycles. The van der Waals surface area contributed by atoms with Gasteiger partial charge in [-0.3, -0.25) is 4.40 Å². The molecule has 0 spiro atoms. The van der Waals surface area contributed by atoms with Gasteiger partial charge in [0.2, 0.25) is 0 Å². The Balaban J connectivity index is 1.77. The van der Waals surface area contributed by atoms with E-state index in [9.17, 15) is 0 Å². The maximum absolute atomic E-state index is 5.28. The maximum Gasteiger partial charge on any atom is 0.160 e. The van der Waals surface area contributed by atoms with Crippen molar-refractivity contribution in [2.45, 2.75) is 19.5 Å². The zero-order chi connectivity index (χ0) is 12.4. The van der Waals surface area contributed by atoms with E-state index in [2.05, 4.69) is 22.4 Å². The van der Waals surface area contributed by atoms with Gasteiger partial charge in [-0.05, 0) is 31.2 Å². The van der Waals surface area contributed by atoms with Crippen LogP contribution in [-0.2, 0) is 6.54 Å². The highest BCUT2D eigenvalue weighted by Crippen LogP contribution is 2.12. The van der Waals surface area contributed by atoms with Gasteiger partial charge in [0.1, 0.15) is 5.76 Å². The van der Waals surface area contributed by atoms with Crippen LogP contribution in [0.2, 0.25) is 0 Å². The fourth-order valence-corrected chi connectivity index (χ4v) is 1.91. The summed E-state index contributed by atoms with van der Waals surface area (Å²) in [5, 5.41) is 11.7. The maximum atomic E-state index is 5.28. The number of pyridine rings is 1. The van der Waals surface area contributed by atoms with Gasteiger partial charge in [0.05, 0.1) is 18.8 Å². The molecule has 1 unspecified atom stereocenters. The molecule has 5 nitrogen and oxygen atoms in total. The van der Waals surface area contributed by atoms with Crippen molar-refractivity contribution in [3.05, 3.63) is 54.4 Å². The predicted octanol–water partition coefficient (Wildman–Crippen LogP) is 2.17. The van der Waals surface area contributed by atoms with E-state index in [1.807, 2.05) is 40.9 Å². The number of nitrogens with one attached hydrogen (secondary N) is 1. The molecule has 1 N–H and O–H groups in total. The molecule has 3 rings (SSSR count). The number of nitrogens with zero attached hydrogens (tertiary/aromatic N) is 3. The van der Waals surface area contributed by atoms with Crippen molar-refractivity contribution in [1.82, 2.24) is 19.9 Å². The second kappa shape index (κ2) is 4.62. The molecule has 0 radical (unpaired) electrons. The molecule has 0 aliphatic rings. The van der Waals surface area contributed by atoms with Crippen molar-refractivity contribution >= 4 is 5.65 Å². The van der Waals surface area contributed by atoms with Crippen molar-refractivity contribution in [2.75, 3.05) is 0 Å². The van der Waals surface area contributed by atoms with Crippen LogP contribution in [0.15, 0.2) is 47.2 Å². The fourth-order valence-electron chi connectivity index (χ4n) is 1.91. The van der Waals surface area contributed by atoms with Crippen LogP contribution >= 0.6 is 0 Å². The highest BCUT2D eigenvalue weighted by molar-refractivity contribution is 5.37. The lowest BCUT2D eigenvalue weighted by molar-refractivity contribution is 0.452. The lowest BCUT2D eigenvalue weighted by atomic mass is 10.3. The third kappa shape index (κ3) is 2.00. The summed E-state index contributed by atoms with van der Waals surface area (Å²) in [5.74, 6) is 1.81. The standard InChI is InChI=1S/C13H14N4O/c1-10(14-9-11-5-4-8-18-11)13-16-15-12-6-2-3-7-17(12)13/h2-8,10,14H,9H2,1H3. The monoisotopic (exact) mass is 242 g/mol. The first kappa shape index (κ1) is 11.0. The van der Waals surface area contributed by atoms with Crippen molar-refractivity contribution in [3.63, 3.8) is 0 Å². The Morgan fingerprint density at radius 2 is 2.22 bits per heavy atom. The zero-order valence-electron chi connectivity index (χ0n) is 10.1. The molecule has 0 bridgehead atoms. The highest BCUT2D eigenvalue weighted by atomic mass is 16.3. The molecular formula is C13H14N4O. The van der Waals surface area contributed by atoms with Gasteiger partial charge in [0, 0.05) is 6.20 Å². The van der Waals surface area contributed by atoms with Crippen LogP contribution in [0.5, 0.6) is 0 Å². The van der Waals surface area contributed by atoms with Gasteiger partial charge < -0.3 is 9.73 Å². The van der Waals surface area contributed by atoms with E-state index in [0.29, 0.717) is 6.54 Å². The summed E-state index contributed by atoms with van der Waals surface area (Å²) in [6.45, 7) is 2.74. The normalized spacial score (nSPS) is 12.9. The van der Waals surface area contributed by atoms with Gasteiger partial charge in [-0.1, -0.05) is 6.07 Å². The summed E-state index contributed by atoms with van der Waals surface area (Å²) in [4.78, 5) is 0. The first-order valence-corrected chi connectivity index (χ1v) is 5.90. The molecule has 1 atom stereocenters. The Kier molecular flexibility index (Phi) is 2.82. The highest BCUT2D eigenvalue weighted by Gasteiger charge is 2.12. The topological polar surface area (TPSA) is 55.4 Å². The number of aromatic nitrogens is 3. The van der Waals surface area contributed by atoms with Crippen molar-refractivity contribution in [2.24, 2.45) is 0 Å². The second-order valence-corrected chi connectivity index (χ2v) is 4.17. The summed E-state index contributed by atoms with van der Waals surface area (Å²) >= 11 is 0. The largest absolute Gasteiger partial charge is 0.468 e. The van der Waals surface area contributed by atoms with E-state index < -0.39 is 0 Å². The summed E-state index contributed by atoms with van der Waals surface area (Å²) in [6, 6.07) is 9.80. The molecule has 0 fully saturated rings. The number of hydrogen-bond donors (Lipinski definition) is 1. The molecular weight excluding hydrogens is 228 g/mol. The van der Waals surface area contributed by atoms with Gasteiger partial charge in [0.15, 0.2) is 11.5 Å². The van der Waals surface area contributed by atoms with Crippen LogP contribution in [0.4, 0.5) is 0 Å². The molecule has 5 heteroatoms. The van der Waals surface area contributed by atoms with E-state index >= 15 is 0 Å². The molecule has 0 amide bonds. The van der Waals surface area contributed by atoms with E-state index in [1.54, 1.807) is 6.26 Å². The van der Waals surface area contributed by atoms with Crippen LogP contribution in [0.25, 0.3) is 5.65 Å². The first-order chi connectivity index (χ1) is 8.84. The van der Waals surface area contributed by atoms with Crippen molar-refractivity contribution < 1.29 is 4.42 Å². The summed E-state index contributed by atoms with van der Waals surface area (Å²) in [7, 11) is 0. The van der Waals surface area contributed by atoms with Crippen LogP contribution in [0.3, 0.4) is 0 Å². The first-order valence-electron chi connectivity index (χ1n) is 5.90. The van der Waals surface area contributed by atoms with Gasteiger partial charge in [-0.2, -0.15) is 0 Å². The Bertz CT molecular complexity index is 629.